The highest BCUT2D eigenvalue weighted by molar-refractivity contribution is 6.29. The number of rotatable bonds is 5. The molecule has 14 heteroatoms. The van der Waals surface area contributed by atoms with Crippen LogP contribution in [-0.2, 0) is 6.18 Å². The van der Waals surface area contributed by atoms with Crippen LogP contribution in [0, 0.1) is 12.8 Å². The number of halogens is 6. The molecule has 2 N–H and O–H groups in total. The third-order valence-electron chi connectivity index (χ3n) is 7.63. The SMILES string of the molecule is Cc1cc([C@@H](C)Nc2ccc(Cl)nc2C(=O)O)c2nc(N3CC4CC3CC4(F)F)n3cc(C(F)(F)F)nc3c2c1. The largest absolute Gasteiger partial charge is 0.476 e. The van der Waals surface area contributed by atoms with E-state index in [2.05, 4.69) is 15.3 Å². The van der Waals surface area contributed by atoms with Crippen LogP contribution in [0.2, 0.25) is 5.15 Å². The van der Waals surface area contributed by atoms with Crippen molar-refractivity contribution < 1.29 is 31.9 Å². The van der Waals surface area contributed by atoms with Gasteiger partial charge in [0.15, 0.2) is 11.4 Å². The number of piperidine rings is 1. The van der Waals surface area contributed by atoms with Crippen molar-refractivity contribution in [2.45, 2.75) is 50.9 Å². The van der Waals surface area contributed by atoms with Crippen LogP contribution in [0.1, 0.15) is 53.1 Å². The Hall–Kier alpha value is -3.74. The average Bonchev–Trinajstić information content (AvgIpc) is 3.56. The Morgan fingerprint density at radius 2 is 1.98 bits per heavy atom. The van der Waals surface area contributed by atoms with Gasteiger partial charge in [-0.2, -0.15) is 13.2 Å². The lowest BCUT2D eigenvalue weighted by Crippen LogP contribution is -2.42. The number of hydrogen-bond donors (Lipinski definition) is 2. The summed E-state index contributed by atoms with van der Waals surface area (Å²) < 4.78 is 71.2. The molecule has 0 amide bonds. The van der Waals surface area contributed by atoms with Crippen LogP contribution >= 0.6 is 11.6 Å². The molecule has 40 heavy (non-hydrogen) atoms. The van der Waals surface area contributed by atoms with E-state index >= 15 is 0 Å². The van der Waals surface area contributed by atoms with Crippen molar-refractivity contribution in [1.82, 2.24) is 19.4 Å². The number of imidazole rings is 1. The maximum atomic E-state index is 14.3. The summed E-state index contributed by atoms with van der Waals surface area (Å²) >= 11 is 5.87. The first-order valence-corrected chi connectivity index (χ1v) is 12.8. The number of benzene rings is 1. The number of aryl methyl sites for hydroxylation is 1. The molecule has 4 heterocycles. The lowest BCUT2D eigenvalue weighted by Gasteiger charge is -2.32. The zero-order valence-electron chi connectivity index (χ0n) is 21.1. The summed E-state index contributed by atoms with van der Waals surface area (Å²) in [4.78, 5) is 25.9. The Morgan fingerprint density at radius 1 is 1.23 bits per heavy atom. The number of aromatic carboxylic acids is 1. The average molecular weight is 581 g/mol. The van der Waals surface area contributed by atoms with E-state index < -0.39 is 48.2 Å². The molecule has 2 fully saturated rings. The Balaban J connectivity index is 1.53. The fourth-order valence-corrected chi connectivity index (χ4v) is 5.96. The summed E-state index contributed by atoms with van der Waals surface area (Å²) in [6.07, 6.45) is -4.07. The maximum absolute atomic E-state index is 14.3. The molecule has 2 aliphatic rings. The molecular weight excluding hydrogens is 559 g/mol. The second kappa shape index (κ2) is 8.88. The smallest absolute Gasteiger partial charge is 0.434 e. The summed E-state index contributed by atoms with van der Waals surface area (Å²) in [5.41, 5.74) is 0.335. The van der Waals surface area contributed by atoms with Gasteiger partial charge < -0.3 is 15.3 Å². The van der Waals surface area contributed by atoms with Gasteiger partial charge in [0.05, 0.1) is 17.2 Å². The Morgan fingerprint density at radius 3 is 2.60 bits per heavy atom. The van der Waals surface area contributed by atoms with Crippen molar-refractivity contribution in [3.8, 4) is 0 Å². The molecule has 1 aromatic carbocycles. The molecule has 6 rings (SSSR count). The molecule has 4 aromatic rings. The van der Waals surface area contributed by atoms with E-state index in [1.807, 2.05) is 0 Å². The fourth-order valence-electron chi connectivity index (χ4n) is 5.82. The number of aromatic nitrogens is 4. The first-order valence-electron chi connectivity index (χ1n) is 12.4. The lowest BCUT2D eigenvalue weighted by molar-refractivity contribution is -0.140. The first kappa shape index (κ1) is 26.5. The highest BCUT2D eigenvalue weighted by Crippen LogP contribution is 2.49. The first-order chi connectivity index (χ1) is 18.7. The number of nitrogens with zero attached hydrogens (tertiary/aromatic N) is 5. The molecule has 2 bridgehead atoms. The standard InChI is InChI=1S/C26H22ClF5N6O2/c1-11-5-15(12(2)33-17-3-4-19(27)35-21(17)23(39)40)20-16(6-11)22-34-18(26(30,31)32)10-38(22)24(36-20)37-9-13-7-14(37)8-25(13,28)29/h3-6,10,12-14,33H,7-9H2,1-2H3,(H,39,40)/t12-,13?,14?/m1/s1. The van der Waals surface area contributed by atoms with E-state index in [1.54, 1.807) is 30.9 Å². The quantitative estimate of drug-likeness (QED) is 0.209. The number of alkyl halides is 5. The van der Waals surface area contributed by atoms with Crippen molar-refractivity contribution in [3.05, 3.63) is 58.1 Å². The minimum atomic E-state index is -4.73. The number of fused-ring (bicyclic) bond motifs is 5. The van der Waals surface area contributed by atoms with E-state index in [1.165, 1.54) is 16.5 Å². The second-order valence-electron chi connectivity index (χ2n) is 10.4. The molecule has 0 spiro atoms. The minimum Gasteiger partial charge on any atom is -0.476 e. The normalized spacial score (nSPS) is 20.9. The van der Waals surface area contributed by atoms with Crippen LogP contribution in [-0.4, -0.2) is 48.9 Å². The fraction of sp³-hybridized carbons (Fsp3) is 0.385. The number of anilines is 2. The van der Waals surface area contributed by atoms with E-state index in [4.69, 9.17) is 16.6 Å². The number of carboxylic acids is 1. The van der Waals surface area contributed by atoms with E-state index in [0.717, 1.165) is 6.20 Å². The lowest BCUT2D eigenvalue weighted by atomic mass is 10.0. The van der Waals surface area contributed by atoms with E-state index in [-0.39, 0.29) is 41.1 Å². The Kier molecular flexibility index (Phi) is 5.88. The van der Waals surface area contributed by atoms with Gasteiger partial charge in [0.2, 0.25) is 5.95 Å². The molecule has 8 nitrogen and oxygen atoms in total. The van der Waals surface area contributed by atoms with Crippen LogP contribution in [0.15, 0.2) is 30.5 Å². The summed E-state index contributed by atoms with van der Waals surface area (Å²) in [6.45, 7) is 3.46. The Bertz CT molecular complexity index is 1690. The van der Waals surface area contributed by atoms with Gasteiger partial charge in [-0.25, -0.2) is 28.5 Å². The van der Waals surface area contributed by atoms with E-state index in [0.29, 0.717) is 22.0 Å². The van der Waals surface area contributed by atoms with Crippen LogP contribution in [0.25, 0.3) is 16.6 Å². The maximum Gasteiger partial charge on any atom is 0.434 e. The van der Waals surface area contributed by atoms with Gasteiger partial charge in [-0.1, -0.05) is 17.7 Å². The van der Waals surface area contributed by atoms with Gasteiger partial charge in [0.25, 0.3) is 5.92 Å². The van der Waals surface area contributed by atoms with Crippen molar-refractivity contribution in [2.75, 3.05) is 16.8 Å². The van der Waals surface area contributed by atoms with Gasteiger partial charge in [-0.05, 0) is 44.0 Å². The molecule has 3 atom stereocenters. The predicted molar refractivity (Wildman–Crippen MR) is 137 cm³/mol. The number of hydrogen-bond acceptors (Lipinski definition) is 6. The van der Waals surface area contributed by atoms with Crippen LogP contribution in [0.5, 0.6) is 0 Å². The monoisotopic (exact) mass is 580 g/mol. The zero-order chi connectivity index (χ0) is 28.7. The minimum absolute atomic E-state index is 0.00149. The van der Waals surface area contributed by atoms with Crippen LogP contribution < -0.4 is 10.2 Å². The van der Waals surface area contributed by atoms with Gasteiger partial charge in [0, 0.05) is 42.1 Å². The molecule has 1 saturated carbocycles. The van der Waals surface area contributed by atoms with Crippen LogP contribution in [0.4, 0.5) is 33.6 Å². The highest BCUT2D eigenvalue weighted by atomic mass is 35.5. The van der Waals surface area contributed by atoms with Gasteiger partial charge in [-0.3, -0.25) is 4.40 Å². The van der Waals surface area contributed by atoms with Crippen molar-refractivity contribution >= 4 is 45.8 Å². The summed E-state index contributed by atoms with van der Waals surface area (Å²) in [5, 5.41) is 13.0. The van der Waals surface area contributed by atoms with Gasteiger partial charge >= 0.3 is 12.1 Å². The van der Waals surface area contributed by atoms with Crippen LogP contribution in [0.3, 0.4) is 0 Å². The van der Waals surface area contributed by atoms with Crippen molar-refractivity contribution in [1.29, 1.82) is 0 Å². The zero-order valence-corrected chi connectivity index (χ0v) is 21.9. The predicted octanol–water partition coefficient (Wildman–Crippen LogP) is 6.36. The molecule has 210 valence electrons. The third-order valence-corrected chi connectivity index (χ3v) is 7.84. The molecule has 1 aliphatic heterocycles. The van der Waals surface area contributed by atoms with Gasteiger partial charge in [0.1, 0.15) is 10.8 Å². The molecule has 1 aliphatic carbocycles. The summed E-state index contributed by atoms with van der Waals surface area (Å²) in [7, 11) is 0. The van der Waals surface area contributed by atoms with Crippen molar-refractivity contribution in [2.24, 2.45) is 5.92 Å². The topological polar surface area (TPSA) is 95.6 Å². The molecule has 2 unspecified atom stereocenters. The molecule has 1 saturated heterocycles. The summed E-state index contributed by atoms with van der Waals surface area (Å²) in [5.74, 6) is -4.95. The number of carbonyl (C=O) groups is 1. The van der Waals surface area contributed by atoms with Gasteiger partial charge in [-0.15, -0.1) is 0 Å². The van der Waals surface area contributed by atoms with Crippen molar-refractivity contribution in [3.63, 3.8) is 0 Å². The number of pyridine rings is 1. The molecule has 3 aromatic heterocycles. The second-order valence-corrected chi connectivity index (χ2v) is 10.8. The Labute approximate surface area is 228 Å². The third kappa shape index (κ3) is 4.27. The number of carboxylic acid groups (broad SMARTS) is 1. The molecular formula is C26H22ClF5N6O2. The summed E-state index contributed by atoms with van der Waals surface area (Å²) in [6, 6.07) is 5.18. The number of nitrogens with one attached hydrogen (secondary N) is 1. The molecule has 0 radical (unpaired) electrons. The highest BCUT2D eigenvalue weighted by Gasteiger charge is 2.56. The van der Waals surface area contributed by atoms with E-state index in [9.17, 15) is 31.9 Å².